The minimum atomic E-state index is -0.0693. The summed E-state index contributed by atoms with van der Waals surface area (Å²) < 4.78 is 11.3. The average Bonchev–Trinajstić information content (AvgIpc) is 3.38. The molecule has 5 nitrogen and oxygen atoms in total. The molecular formula is C29H30N2O3. The van der Waals surface area contributed by atoms with Gasteiger partial charge in [-0.1, -0.05) is 60.7 Å². The molecule has 1 aliphatic carbocycles. The molecule has 0 fully saturated rings. The minimum Gasteiger partial charge on any atom is -0.489 e. The molecule has 5 heteroatoms. The van der Waals surface area contributed by atoms with Gasteiger partial charge in [-0.25, -0.2) is 0 Å². The van der Waals surface area contributed by atoms with Gasteiger partial charge in [0.15, 0.2) is 0 Å². The molecular weight excluding hydrogens is 424 g/mol. The van der Waals surface area contributed by atoms with Crippen molar-refractivity contribution in [2.24, 2.45) is 5.92 Å². The summed E-state index contributed by atoms with van der Waals surface area (Å²) in [5, 5.41) is 6.69. The quantitative estimate of drug-likeness (QED) is 0.350. The number of hydrogen-bond acceptors (Lipinski definition) is 4. The third-order valence-electron chi connectivity index (χ3n) is 6.71. The zero-order valence-corrected chi connectivity index (χ0v) is 19.4. The van der Waals surface area contributed by atoms with E-state index in [2.05, 4.69) is 53.1 Å². The molecule has 2 N–H and O–H groups in total. The Morgan fingerprint density at radius 2 is 1.85 bits per heavy atom. The summed E-state index contributed by atoms with van der Waals surface area (Å²) in [6.07, 6.45) is 5.54. The Morgan fingerprint density at radius 1 is 1.03 bits per heavy atom. The number of allylic oxidation sites excluding steroid dienone is 2. The Hall–Kier alpha value is -3.57. The molecule has 3 aromatic carbocycles. The van der Waals surface area contributed by atoms with Gasteiger partial charge in [0.05, 0.1) is 12.6 Å². The number of methoxy groups -OCH3 is 1. The van der Waals surface area contributed by atoms with Crippen LogP contribution in [0.1, 0.15) is 45.4 Å². The molecule has 34 heavy (non-hydrogen) atoms. The summed E-state index contributed by atoms with van der Waals surface area (Å²) in [5.41, 5.74) is 5.25. The number of carbonyl (C=O) groups is 1. The van der Waals surface area contributed by atoms with E-state index in [-0.39, 0.29) is 17.9 Å². The van der Waals surface area contributed by atoms with Gasteiger partial charge in [-0.15, -0.1) is 0 Å². The number of rotatable bonds is 8. The van der Waals surface area contributed by atoms with Crippen LogP contribution in [-0.4, -0.2) is 26.2 Å². The molecule has 0 bridgehead atoms. The second-order valence-corrected chi connectivity index (χ2v) is 8.84. The summed E-state index contributed by atoms with van der Waals surface area (Å²) in [7, 11) is 1.63. The highest BCUT2D eigenvalue weighted by Crippen LogP contribution is 2.51. The zero-order chi connectivity index (χ0) is 23.3. The predicted molar refractivity (Wildman–Crippen MR) is 134 cm³/mol. The topological polar surface area (TPSA) is 59.6 Å². The molecule has 1 aliphatic heterocycles. The van der Waals surface area contributed by atoms with E-state index in [9.17, 15) is 4.79 Å². The van der Waals surface area contributed by atoms with E-state index in [1.54, 1.807) is 7.11 Å². The van der Waals surface area contributed by atoms with Crippen LogP contribution in [0.2, 0.25) is 0 Å². The summed E-state index contributed by atoms with van der Waals surface area (Å²) >= 11 is 0. The van der Waals surface area contributed by atoms with Crippen LogP contribution in [0.5, 0.6) is 5.75 Å². The fraction of sp³-hybridized carbons (Fsp3) is 0.276. The van der Waals surface area contributed by atoms with E-state index in [0.29, 0.717) is 31.2 Å². The van der Waals surface area contributed by atoms with Crippen molar-refractivity contribution in [2.75, 3.05) is 25.6 Å². The number of nitrogens with one attached hydrogen (secondary N) is 2. The molecule has 0 aromatic heterocycles. The van der Waals surface area contributed by atoms with Gasteiger partial charge in [0.25, 0.3) is 5.91 Å². The highest BCUT2D eigenvalue weighted by atomic mass is 16.5. The van der Waals surface area contributed by atoms with E-state index < -0.39 is 0 Å². The Morgan fingerprint density at radius 3 is 2.71 bits per heavy atom. The fourth-order valence-electron chi connectivity index (χ4n) is 5.02. The van der Waals surface area contributed by atoms with Crippen molar-refractivity contribution in [2.45, 2.75) is 25.0 Å². The smallest absolute Gasteiger partial charge is 0.251 e. The molecule has 3 unspecified atom stereocenters. The third kappa shape index (κ3) is 4.57. The molecule has 0 saturated carbocycles. The fourth-order valence-corrected chi connectivity index (χ4v) is 5.02. The Balaban J connectivity index is 1.40. The Labute approximate surface area is 200 Å². The van der Waals surface area contributed by atoms with Gasteiger partial charge in [0.2, 0.25) is 0 Å². The maximum atomic E-state index is 12.6. The number of hydrogen-bond donors (Lipinski definition) is 2. The van der Waals surface area contributed by atoms with E-state index in [1.807, 2.05) is 42.5 Å². The lowest BCUT2D eigenvalue weighted by atomic mass is 9.76. The highest BCUT2D eigenvalue weighted by molar-refractivity contribution is 5.95. The SMILES string of the molecule is COCCNC(=O)c1ccc2c(c1)C1C=CCC1C(c1ccccc1OCc1ccccc1)N2. The van der Waals surface area contributed by atoms with Crippen molar-refractivity contribution in [3.63, 3.8) is 0 Å². The van der Waals surface area contributed by atoms with Gasteiger partial charge >= 0.3 is 0 Å². The molecule has 3 atom stereocenters. The average molecular weight is 455 g/mol. The van der Waals surface area contributed by atoms with Gasteiger partial charge in [-0.2, -0.15) is 0 Å². The standard InChI is InChI=1S/C29H30N2O3/c1-33-17-16-30-29(32)21-14-15-26-25(18-21)22-11-7-12-23(22)28(31-26)24-10-5-6-13-27(24)34-19-20-8-3-2-4-9-20/h2-11,13-15,18,22-23,28,31H,12,16-17,19H2,1H3,(H,30,32). The van der Waals surface area contributed by atoms with E-state index in [0.717, 1.165) is 23.4 Å². The van der Waals surface area contributed by atoms with Crippen molar-refractivity contribution < 1.29 is 14.3 Å². The van der Waals surface area contributed by atoms with Crippen LogP contribution < -0.4 is 15.4 Å². The Bertz CT molecular complexity index is 1180. The van der Waals surface area contributed by atoms with Crippen molar-refractivity contribution in [3.05, 3.63) is 107 Å². The molecule has 1 heterocycles. The van der Waals surface area contributed by atoms with Gasteiger partial charge in [-0.3, -0.25) is 4.79 Å². The highest BCUT2D eigenvalue weighted by Gasteiger charge is 2.39. The van der Waals surface area contributed by atoms with Crippen LogP contribution in [0.25, 0.3) is 0 Å². The molecule has 0 radical (unpaired) electrons. The normalized spacial score (nSPS) is 20.2. The van der Waals surface area contributed by atoms with Crippen LogP contribution in [0.15, 0.2) is 84.9 Å². The van der Waals surface area contributed by atoms with Crippen LogP contribution in [0.4, 0.5) is 5.69 Å². The molecule has 3 aromatic rings. The third-order valence-corrected chi connectivity index (χ3v) is 6.71. The second-order valence-electron chi connectivity index (χ2n) is 8.84. The number of anilines is 1. The number of para-hydroxylation sites is 1. The first-order valence-corrected chi connectivity index (χ1v) is 11.8. The maximum absolute atomic E-state index is 12.6. The lowest BCUT2D eigenvalue weighted by Crippen LogP contribution is -2.30. The number of benzene rings is 3. The number of amides is 1. The lowest BCUT2D eigenvalue weighted by molar-refractivity contribution is 0.0937. The van der Waals surface area contributed by atoms with Gasteiger partial charge in [-0.05, 0) is 47.7 Å². The number of carbonyl (C=O) groups excluding carboxylic acids is 1. The van der Waals surface area contributed by atoms with Gasteiger partial charge < -0.3 is 20.1 Å². The van der Waals surface area contributed by atoms with E-state index >= 15 is 0 Å². The van der Waals surface area contributed by atoms with Crippen molar-refractivity contribution in [1.29, 1.82) is 0 Å². The second kappa shape index (κ2) is 10.1. The number of ether oxygens (including phenoxy) is 2. The molecule has 5 rings (SSSR count). The molecule has 1 amide bonds. The first-order valence-electron chi connectivity index (χ1n) is 11.8. The summed E-state index contributed by atoms with van der Waals surface area (Å²) in [5.74, 6) is 1.46. The van der Waals surface area contributed by atoms with Crippen LogP contribution in [0, 0.1) is 5.92 Å². The monoisotopic (exact) mass is 454 g/mol. The van der Waals surface area contributed by atoms with Gasteiger partial charge in [0, 0.05) is 36.4 Å². The first kappa shape index (κ1) is 22.2. The molecule has 0 saturated heterocycles. The van der Waals surface area contributed by atoms with Crippen molar-refractivity contribution in [3.8, 4) is 5.75 Å². The van der Waals surface area contributed by atoms with Crippen LogP contribution >= 0.6 is 0 Å². The van der Waals surface area contributed by atoms with Crippen LogP contribution in [-0.2, 0) is 11.3 Å². The predicted octanol–water partition coefficient (Wildman–Crippen LogP) is 5.47. The largest absolute Gasteiger partial charge is 0.489 e. The summed E-state index contributed by atoms with van der Waals surface area (Å²) in [6.45, 7) is 1.53. The maximum Gasteiger partial charge on any atom is 0.251 e. The van der Waals surface area contributed by atoms with Crippen molar-refractivity contribution in [1.82, 2.24) is 5.32 Å². The van der Waals surface area contributed by atoms with Crippen molar-refractivity contribution >= 4 is 11.6 Å². The Kier molecular flexibility index (Phi) is 6.63. The number of fused-ring (bicyclic) bond motifs is 3. The lowest BCUT2D eigenvalue weighted by Gasteiger charge is -2.38. The summed E-state index contributed by atoms with van der Waals surface area (Å²) in [6, 6.07) is 24.6. The van der Waals surface area contributed by atoms with Gasteiger partial charge in [0.1, 0.15) is 12.4 Å². The summed E-state index contributed by atoms with van der Waals surface area (Å²) in [4.78, 5) is 12.6. The molecule has 174 valence electrons. The van der Waals surface area contributed by atoms with Crippen LogP contribution in [0.3, 0.4) is 0 Å². The minimum absolute atomic E-state index is 0.0693. The molecule has 2 aliphatic rings. The van der Waals surface area contributed by atoms with E-state index in [4.69, 9.17) is 9.47 Å². The zero-order valence-electron chi connectivity index (χ0n) is 19.4. The molecule has 0 spiro atoms. The van der Waals surface area contributed by atoms with E-state index in [1.165, 1.54) is 11.1 Å². The first-order chi connectivity index (χ1) is 16.7.